The zero-order valence-corrected chi connectivity index (χ0v) is 25.0. The minimum atomic E-state index is -1.09. The molecule has 0 amide bonds. The molecule has 4 nitrogen and oxygen atoms in total. The molecule has 1 spiro atoms. The summed E-state index contributed by atoms with van der Waals surface area (Å²) in [7, 11) is 0. The van der Waals surface area contributed by atoms with Crippen LogP contribution in [-0.2, 0) is 21.2 Å². The molecule has 2 heterocycles. The molecule has 0 saturated heterocycles. The number of nitrogens with one attached hydrogen (secondary N) is 1. The van der Waals surface area contributed by atoms with Gasteiger partial charge in [-0.2, -0.15) is 0 Å². The lowest BCUT2D eigenvalue weighted by atomic mass is 9.77. The van der Waals surface area contributed by atoms with E-state index in [-0.39, 0.29) is 16.8 Å². The van der Waals surface area contributed by atoms with Crippen LogP contribution >= 0.6 is 0 Å². The Balaban J connectivity index is 1.40. The van der Waals surface area contributed by atoms with Crippen molar-refractivity contribution in [3.63, 3.8) is 0 Å². The fourth-order valence-corrected chi connectivity index (χ4v) is 6.21. The molecule has 210 valence electrons. The van der Waals surface area contributed by atoms with Gasteiger partial charge >= 0.3 is 5.97 Å². The Bertz CT molecular complexity index is 1870. The van der Waals surface area contributed by atoms with Crippen molar-refractivity contribution < 1.29 is 14.3 Å². The number of esters is 1. The summed E-state index contributed by atoms with van der Waals surface area (Å²) in [5.41, 5.74) is 6.47. The van der Waals surface area contributed by atoms with Gasteiger partial charge < -0.3 is 14.8 Å². The Hall–Kier alpha value is -4.57. The molecule has 0 bridgehead atoms. The summed E-state index contributed by atoms with van der Waals surface area (Å²) in [5.74, 6) is 1.05. The van der Waals surface area contributed by atoms with Gasteiger partial charge in [0.15, 0.2) is 5.60 Å². The average molecular weight is 554 g/mol. The van der Waals surface area contributed by atoms with Crippen molar-refractivity contribution in [1.82, 2.24) is 0 Å². The Kier molecular flexibility index (Phi) is 5.62. The van der Waals surface area contributed by atoms with E-state index in [0.717, 1.165) is 38.8 Å². The van der Waals surface area contributed by atoms with E-state index in [9.17, 15) is 4.79 Å². The smallest absolute Gasteiger partial charge is 0.340 e. The number of carbonyl (C=O) groups is 1. The highest BCUT2D eigenvalue weighted by Gasteiger charge is 2.53. The Morgan fingerprint density at radius 1 is 0.643 bits per heavy atom. The monoisotopic (exact) mass is 553 g/mol. The van der Waals surface area contributed by atoms with Gasteiger partial charge in [-0.25, -0.2) is 4.79 Å². The standard InChI is InChI=1S/C38H35NO3/c1-36(2,3)24-19-25(37(4,5)6)21-27(20-24)39-26-16-18-31-33(22-26)41-34-28-12-8-7-11-23(28)15-17-32(34)38(31)30-14-10-9-13-29(30)35(40)42-38/h7-22,39H,1-6H3. The van der Waals surface area contributed by atoms with Crippen LogP contribution in [0.4, 0.5) is 11.4 Å². The lowest BCUT2D eigenvalue weighted by Gasteiger charge is -2.37. The SMILES string of the molecule is CC(C)(C)c1cc(Nc2ccc3c(c2)Oc2c(ccc4ccccc24)C32OC(=O)c3ccccc32)cc(C(C)(C)C)c1. The molecule has 42 heavy (non-hydrogen) atoms. The number of fused-ring (bicyclic) bond motifs is 8. The first-order valence-electron chi connectivity index (χ1n) is 14.6. The molecule has 5 aromatic carbocycles. The first kappa shape index (κ1) is 26.3. The van der Waals surface area contributed by atoms with Crippen molar-refractivity contribution in [3.05, 3.63) is 130 Å². The number of rotatable bonds is 2. The highest BCUT2D eigenvalue weighted by atomic mass is 16.6. The fourth-order valence-electron chi connectivity index (χ4n) is 6.21. The molecule has 0 saturated carbocycles. The normalized spacial score (nSPS) is 17.3. The zero-order chi connectivity index (χ0) is 29.4. The number of hydrogen-bond donors (Lipinski definition) is 1. The van der Waals surface area contributed by atoms with Crippen molar-refractivity contribution >= 4 is 28.1 Å². The van der Waals surface area contributed by atoms with Crippen LogP contribution in [0.25, 0.3) is 10.8 Å². The molecule has 0 aliphatic carbocycles. The topological polar surface area (TPSA) is 47.6 Å². The van der Waals surface area contributed by atoms with E-state index in [1.807, 2.05) is 60.7 Å². The fraction of sp³-hybridized carbons (Fsp3) is 0.237. The van der Waals surface area contributed by atoms with Gasteiger partial charge in [-0.3, -0.25) is 0 Å². The quantitative estimate of drug-likeness (QED) is 0.221. The third kappa shape index (κ3) is 4.00. The van der Waals surface area contributed by atoms with Crippen LogP contribution in [0.3, 0.4) is 0 Å². The second-order valence-corrected chi connectivity index (χ2v) is 13.5. The highest BCUT2D eigenvalue weighted by molar-refractivity contribution is 5.99. The second kappa shape index (κ2) is 8.96. The summed E-state index contributed by atoms with van der Waals surface area (Å²) in [6, 6.07) is 32.8. The minimum Gasteiger partial charge on any atom is -0.456 e. The summed E-state index contributed by atoms with van der Waals surface area (Å²) in [6.45, 7) is 13.5. The first-order chi connectivity index (χ1) is 19.9. The molecular formula is C38H35NO3. The molecule has 1 N–H and O–H groups in total. The van der Waals surface area contributed by atoms with Crippen molar-refractivity contribution in [3.8, 4) is 11.5 Å². The van der Waals surface area contributed by atoms with Crippen LogP contribution in [0.15, 0.2) is 97.1 Å². The molecule has 1 unspecified atom stereocenters. The average Bonchev–Trinajstić information content (AvgIpc) is 3.24. The second-order valence-electron chi connectivity index (χ2n) is 13.5. The highest BCUT2D eigenvalue weighted by Crippen LogP contribution is 2.57. The van der Waals surface area contributed by atoms with Crippen molar-refractivity contribution in [1.29, 1.82) is 0 Å². The van der Waals surface area contributed by atoms with Gasteiger partial charge in [0, 0.05) is 39.5 Å². The molecule has 0 fully saturated rings. The van der Waals surface area contributed by atoms with Gasteiger partial charge in [-0.15, -0.1) is 0 Å². The summed E-state index contributed by atoms with van der Waals surface area (Å²) in [6.07, 6.45) is 0. The summed E-state index contributed by atoms with van der Waals surface area (Å²) in [5, 5.41) is 5.70. The van der Waals surface area contributed by atoms with Gasteiger partial charge in [0.1, 0.15) is 11.5 Å². The summed E-state index contributed by atoms with van der Waals surface area (Å²) >= 11 is 0. The number of ether oxygens (including phenoxy) is 2. The van der Waals surface area contributed by atoms with Gasteiger partial charge in [-0.1, -0.05) is 96.1 Å². The Morgan fingerprint density at radius 3 is 2.05 bits per heavy atom. The number of anilines is 2. The van der Waals surface area contributed by atoms with Crippen molar-refractivity contribution in [2.24, 2.45) is 0 Å². The summed E-state index contributed by atoms with van der Waals surface area (Å²) < 4.78 is 13.1. The molecule has 5 aromatic rings. The molecule has 2 aliphatic rings. The van der Waals surface area contributed by atoms with E-state index < -0.39 is 5.60 Å². The van der Waals surface area contributed by atoms with Crippen LogP contribution in [0.5, 0.6) is 11.5 Å². The van der Waals surface area contributed by atoms with Crippen LogP contribution in [-0.4, -0.2) is 5.97 Å². The lowest BCUT2D eigenvalue weighted by Crippen LogP contribution is -2.33. The van der Waals surface area contributed by atoms with Crippen LogP contribution in [0.1, 0.15) is 79.7 Å². The third-order valence-corrected chi connectivity index (χ3v) is 8.56. The maximum atomic E-state index is 13.3. The zero-order valence-electron chi connectivity index (χ0n) is 25.0. The van der Waals surface area contributed by atoms with E-state index >= 15 is 0 Å². The molecular weight excluding hydrogens is 518 g/mol. The molecule has 1 atom stereocenters. The van der Waals surface area contributed by atoms with E-state index in [4.69, 9.17) is 9.47 Å². The Morgan fingerprint density at radius 2 is 1.31 bits per heavy atom. The molecule has 0 radical (unpaired) electrons. The number of benzene rings is 5. The predicted molar refractivity (Wildman–Crippen MR) is 169 cm³/mol. The lowest BCUT2D eigenvalue weighted by molar-refractivity contribution is 0.0225. The molecule has 7 rings (SSSR count). The third-order valence-electron chi connectivity index (χ3n) is 8.56. The summed E-state index contributed by atoms with van der Waals surface area (Å²) in [4.78, 5) is 13.3. The van der Waals surface area contributed by atoms with E-state index in [1.54, 1.807) is 0 Å². The maximum absolute atomic E-state index is 13.3. The van der Waals surface area contributed by atoms with Gasteiger partial charge in [-0.05, 0) is 63.7 Å². The van der Waals surface area contributed by atoms with E-state index in [0.29, 0.717) is 17.1 Å². The maximum Gasteiger partial charge on any atom is 0.340 e. The van der Waals surface area contributed by atoms with Crippen LogP contribution in [0.2, 0.25) is 0 Å². The molecule has 0 aromatic heterocycles. The first-order valence-corrected chi connectivity index (χ1v) is 14.6. The minimum absolute atomic E-state index is 0.00748. The molecule has 2 aliphatic heterocycles. The van der Waals surface area contributed by atoms with E-state index in [1.165, 1.54) is 11.1 Å². The van der Waals surface area contributed by atoms with Crippen LogP contribution < -0.4 is 10.1 Å². The Labute approximate surface area is 247 Å². The molecule has 4 heteroatoms. The van der Waals surface area contributed by atoms with Gasteiger partial charge in [0.25, 0.3) is 0 Å². The van der Waals surface area contributed by atoms with Gasteiger partial charge in [0.2, 0.25) is 0 Å². The van der Waals surface area contributed by atoms with E-state index in [2.05, 4.69) is 83.3 Å². The number of hydrogen-bond acceptors (Lipinski definition) is 4. The van der Waals surface area contributed by atoms with Gasteiger partial charge in [0.05, 0.1) is 5.56 Å². The predicted octanol–water partition coefficient (Wildman–Crippen LogP) is 9.75. The number of carbonyl (C=O) groups excluding carboxylic acids is 1. The van der Waals surface area contributed by atoms with Crippen LogP contribution in [0, 0.1) is 0 Å². The van der Waals surface area contributed by atoms with Crippen molar-refractivity contribution in [2.45, 2.75) is 58.0 Å². The largest absolute Gasteiger partial charge is 0.456 e. The van der Waals surface area contributed by atoms with Crippen molar-refractivity contribution in [2.75, 3.05) is 5.32 Å².